The summed E-state index contributed by atoms with van der Waals surface area (Å²) in [5.74, 6) is -2.70. The second-order valence-corrected chi connectivity index (χ2v) is 16.8. The predicted octanol–water partition coefficient (Wildman–Crippen LogP) is 7.65. The van der Waals surface area contributed by atoms with Crippen LogP contribution in [0.3, 0.4) is 0 Å². The molecule has 0 saturated heterocycles. The number of aromatic hydroxyl groups is 4. The number of para-hydroxylation sites is 1. The maximum Gasteiger partial charge on any atom is 0.296 e. The number of hydrogen-bond donors (Lipinski definition) is 8. The molecule has 0 aliphatic rings. The molecule has 0 saturated carbocycles. The van der Waals surface area contributed by atoms with E-state index >= 15 is 0 Å². The van der Waals surface area contributed by atoms with E-state index in [9.17, 15) is 59.3 Å². The zero-order chi connectivity index (χ0) is 42.4. The second kappa shape index (κ2) is 22.7. The fourth-order valence-corrected chi connectivity index (χ4v) is 8.11. The molecule has 7 aromatic rings. The molecule has 0 spiro atoms. The average Bonchev–Trinajstić information content (AvgIpc) is 3.17. The van der Waals surface area contributed by atoms with Gasteiger partial charge in [0, 0.05) is 145 Å². The maximum atomic E-state index is 12.4. The van der Waals surface area contributed by atoms with Crippen LogP contribution in [0.15, 0.2) is 150 Å². The van der Waals surface area contributed by atoms with Crippen molar-refractivity contribution in [1.82, 2.24) is 0 Å². The van der Waals surface area contributed by atoms with Gasteiger partial charge in [0.1, 0.15) is 48.9 Å². The van der Waals surface area contributed by atoms with Crippen molar-refractivity contribution in [3.8, 4) is 34.1 Å². The Morgan fingerprint density at radius 3 is 1.41 bits per heavy atom. The molecule has 0 bridgehead atoms. The Balaban J connectivity index is 0.00000282. The molecule has 18 nitrogen and oxygen atoms in total. The van der Waals surface area contributed by atoms with Gasteiger partial charge < -0.3 is 25.7 Å². The number of benzene rings is 7. The molecule has 325 valence electrons. The van der Waals surface area contributed by atoms with Crippen LogP contribution in [0.1, 0.15) is 0 Å². The summed E-state index contributed by atoms with van der Waals surface area (Å²) >= 11 is 0. The van der Waals surface area contributed by atoms with E-state index < -0.39 is 84.8 Å². The minimum Gasteiger partial charge on any atom is -0.506 e. The van der Waals surface area contributed by atoms with Crippen LogP contribution in [0.2, 0.25) is 0 Å². The van der Waals surface area contributed by atoms with Crippen LogP contribution in [0.4, 0.5) is 34.1 Å². The van der Waals surface area contributed by atoms with E-state index in [4.69, 9.17) is 0 Å². The van der Waals surface area contributed by atoms with Crippen LogP contribution in [0.25, 0.3) is 32.7 Å². The van der Waals surface area contributed by atoms with Crippen molar-refractivity contribution in [3.05, 3.63) is 115 Å². The largest absolute Gasteiger partial charge is 0.506 e. The molecule has 64 heavy (non-hydrogen) atoms. The van der Waals surface area contributed by atoms with Crippen LogP contribution >= 0.6 is 0 Å². The molecule has 0 fully saturated rings. The van der Waals surface area contributed by atoms with Crippen LogP contribution in [-0.4, -0.2) is 148 Å². The molecule has 7 rings (SSSR count). The van der Waals surface area contributed by atoms with Gasteiger partial charge in [-0.25, -0.2) is 0 Å². The first-order valence-electron chi connectivity index (χ1n) is 16.6. The summed E-state index contributed by atoms with van der Waals surface area (Å²) in [6.07, 6.45) is 0. The third-order valence-electron chi connectivity index (χ3n) is 8.79. The maximum absolute atomic E-state index is 12.4. The number of nitrogens with one attached hydrogen (secondary N) is 1. The standard InChI is InChI=1S/C38H27N5O13S3.2Cu.3Na/c44-29-16-20(9-13-27(29)40-42-35-33(59(54,55)56)19-23-15-25(11-12-26(23)37(35)46)39-24-6-2-1-3-7-24)21-10-14-28(30(45)17-21)41-43-36-32(58(51,52)53)18-22-5-4-8-31(57(48,49)50)34(22)38(36)47;;;;;/h1-19,39,44-47H,(H,48,49,50)(H,51,52,53)(H,54,55,56);;;;;. The Bertz CT molecular complexity index is 3300. The summed E-state index contributed by atoms with van der Waals surface area (Å²) in [7, 11) is -15.0. The van der Waals surface area contributed by atoms with Crippen molar-refractivity contribution in [1.29, 1.82) is 0 Å². The van der Waals surface area contributed by atoms with Gasteiger partial charge in [-0.3, -0.25) is 13.7 Å². The third-order valence-corrected chi connectivity index (χ3v) is 11.4. The fraction of sp³-hybridized carbons (Fsp3) is 0. The van der Waals surface area contributed by atoms with E-state index in [1.165, 1.54) is 48.5 Å². The van der Waals surface area contributed by atoms with Gasteiger partial charge in [-0.2, -0.15) is 25.3 Å². The summed E-state index contributed by atoms with van der Waals surface area (Å²) in [6, 6.07) is 26.8. The van der Waals surface area contributed by atoms with E-state index in [0.29, 0.717) is 11.3 Å². The molecule has 7 aromatic carbocycles. The molecule has 5 radical (unpaired) electrons. The Kier molecular flexibility index (Phi) is 20.3. The fourth-order valence-electron chi connectivity index (χ4n) is 6.07. The average molecular weight is 1050 g/mol. The van der Waals surface area contributed by atoms with Gasteiger partial charge in [-0.1, -0.05) is 42.5 Å². The second-order valence-electron chi connectivity index (χ2n) is 12.7. The van der Waals surface area contributed by atoms with Gasteiger partial charge in [-0.15, -0.1) is 20.5 Å². The number of hydrogen-bond acceptors (Lipinski definition) is 15. The third kappa shape index (κ3) is 12.5. The minimum absolute atomic E-state index is 0. The first kappa shape index (κ1) is 57.2. The number of fused-ring (bicyclic) bond motifs is 2. The molecule has 26 heteroatoms. The molecule has 0 amide bonds. The van der Waals surface area contributed by atoms with Crippen LogP contribution in [0, 0.1) is 0 Å². The van der Waals surface area contributed by atoms with Gasteiger partial charge in [0.2, 0.25) is 0 Å². The minimum atomic E-state index is -5.09. The number of rotatable bonds is 10. The van der Waals surface area contributed by atoms with E-state index in [1.807, 2.05) is 30.3 Å². The molecule has 0 unspecified atom stereocenters. The topological polar surface area (TPSA) is 306 Å². The van der Waals surface area contributed by atoms with Gasteiger partial charge in [0.05, 0.1) is 0 Å². The summed E-state index contributed by atoms with van der Waals surface area (Å²) in [5.41, 5.74) is -0.0839. The van der Waals surface area contributed by atoms with Crippen LogP contribution < -0.4 is 5.32 Å². The predicted molar refractivity (Wildman–Crippen MR) is 231 cm³/mol. The summed E-state index contributed by atoms with van der Waals surface area (Å²) < 4.78 is 103. The van der Waals surface area contributed by atoms with E-state index in [2.05, 4.69) is 25.8 Å². The van der Waals surface area contributed by atoms with Gasteiger partial charge >= 0.3 is 0 Å². The Morgan fingerprint density at radius 2 is 0.922 bits per heavy atom. The van der Waals surface area contributed by atoms with Crippen molar-refractivity contribution in [2.45, 2.75) is 14.7 Å². The molecule has 8 N–H and O–H groups in total. The molecule has 0 aliphatic heterocycles. The number of phenols is 4. The molecule has 0 aromatic heterocycles. The zero-order valence-electron chi connectivity index (χ0n) is 33.2. The summed E-state index contributed by atoms with van der Waals surface area (Å²) in [5, 5.41) is 61.7. The zero-order valence-corrected chi connectivity index (χ0v) is 43.5. The molecule has 0 heterocycles. The Morgan fingerprint density at radius 1 is 0.438 bits per heavy atom. The quantitative estimate of drug-likeness (QED) is 0.0371. The molecule has 0 atom stereocenters. The van der Waals surface area contributed by atoms with Crippen molar-refractivity contribution < 1.29 is 93.5 Å². The molecular formula is C38H27Cu2N5Na3O13S3. The number of azo groups is 2. The van der Waals surface area contributed by atoms with E-state index in [-0.39, 0.29) is 156 Å². The summed E-state index contributed by atoms with van der Waals surface area (Å²) in [4.78, 5) is -2.49. The van der Waals surface area contributed by atoms with Crippen molar-refractivity contribution in [2.75, 3.05) is 5.32 Å². The van der Waals surface area contributed by atoms with Crippen molar-refractivity contribution in [3.63, 3.8) is 0 Å². The Labute approximate surface area is 452 Å². The monoisotopic (exact) mass is 1050 g/mol. The van der Waals surface area contributed by atoms with Crippen molar-refractivity contribution >= 4 is 175 Å². The smallest absolute Gasteiger partial charge is 0.296 e. The molecular weight excluding hydrogens is 1030 g/mol. The number of nitrogens with zero attached hydrogens (tertiary/aromatic N) is 4. The first-order chi connectivity index (χ1) is 27.8. The van der Waals surface area contributed by atoms with E-state index in [1.54, 1.807) is 12.1 Å². The SMILES string of the molecule is O=S(=O)(O)c1cc2cc(Nc3ccccc3)ccc2c(O)c1N=Nc1ccc(-c2ccc(N=Nc3c(S(=O)(=O)O)cc4cccc(S(=O)(=O)O)c4c3O)c(O)c2)cc1O.[Cu].[Cu].[Na].[Na].[Na]. The van der Waals surface area contributed by atoms with Gasteiger partial charge in [0.25, 0.3) is 30.4 Å². The van der Waals surface area contributed by atoms with Gasteiger partial charge in [0.15, 0.2) is 11.5 Å². The van der Waals surface area contributed by atoms with E-state index in [0.717, 1.165) is 30.0 Å². The Hall–Kier alpha value is -2.97. The molecule has 0 aliphatic carbocycles. The van der Waals surface area contributed by atoms with Crippen LogP contribution in [0.5, 0.6) is 23.0 Å². The number of anilines is 2. The normalized spacial score (nSPS) is 11.5. The summed E-state index contributed by atoms with van der Waals surface area (Å²) in [6.45, 7) is 0. The first-order valence-corrected chi connectivity index (χ1v) is 20.9. The van der Waals surface area contributed by atoms with Gasteiger partial charge in [-0.05, 0) is 94.7 Å². The van der Waals surface area contributed by atoms with Crippen LogP contribution in [-0.2, 0) is 64.5 Å². The van der Waals surface area contributed by atoms with Crippen molar-refractivity contribution in [2.24, 2.45) is 20.5 Å². The number of phenolic OH excluding ortho intramolecular Hbond substituents is 4.